The molecule has 3 rings (SSSR count). The lowest BCUT2D eigenvalue weighted by Crippen LogP contribution is -2.38. The molecule has 2 aromatic rings. The minimum Gasteiger partial charge on any atom is -0.453 e. The fourth-order valence-electron chi connectivity index (χ4n) is 3.23. The molecule has 0 spiro atoms. The van der Waals surface area contributed by atoms with Crippen LogP contribution in [0.3, 0.4) is 0 Å². The number of hydrogen-bond donors (Lipinski definition) is 1. The topological polar surface area (TPSA) is 42.2 Å². The quantitative estimate of drug-likeness (QED) is 0.868. The van der Waals surface area contributed by atoms with E-state index in [9.17, 15) is 4.79 Å². The van der Waals surface area contributed by atoms with Gasteiger partial charge in [0.25, 0.3) is 0 Å². The number of furan rings is 1. The Labute approximate surface area is 119 Å². The van der Waals surface area contributed by atoms with E-state index in [1.54, 1.807) is 0 Å². The van der Waals surface area contributed by atoms with Crippen molar-refractivity contribution in [3.8, 4) is 0 Å². The summed E-state index contributed by atoms with van der Waals surface area (Å²) >= 11 is 0. The van der Waals surface area contributed by atoms with Crippen molar-refractivity contribution in [1.29, 1.82) is 0 Å². The molecule has 0 bridgehead atoms. The predicted octanol–water partition coefficient (Wildman–Crippen LogP) is 3.56. The van der Waals surface area contributed by atoms with Gasteiger partial charge in [-0.05, 0) is 37.4 Å². The van der Waals surface area contributed by atoms with Gasteiger partial charge in [-0.1, -0.05) is 32.0 Å². The number of para-hydroxylation sites is 1. The van der Waals surface area contributed by atoms with Crippen LogP contribution in [0.2, 0.25) is 0 Å². The Kier molecular flexibility index (Phi) is 3.17. The van der Waals surface area contributed by atoms with Crippen LogP contribution in [0.5, 0.6) is 0 Å². The molecule has 1 unspecified atom stereocenters. The maximum Gasteiger partial charge on any atom is 0.205 e. The molecule has 0 amide bonds. The zero-order chi connectivity index (χ0) is 14.3. The van der Waals surface area contributed by atoms with Crippen molar-refractivity contribution in [1.82, 2.24) is 5.32 Å². The standard InChI is InChI=1S/C17H21NO2/c1-11(2)17(7-8-18-10-17)16(19)14-9-13-6-4-5-12(3)15(13)20-14/h4-6,9,11,18H,7-8,10H2,1-3H3. The second-order valence-corrected chi connectivity index (χ2v) is 6.17. The number of aryl methyl sites for hydroxylation is 1. The van der Waals surface area contributed by atoms with Gasteiger partial charge >= 0.3 is 0 Å². The van der Waals surface area contributed by atoms with Crippen LogP contribution >= 0.6 is 0 Å². The van der Waals surface area contributed by atoms with E-state index in [4.69, 9.17) is 4.42 Å². The SMILES string of the molecule is Cc1cccc2cc(C(=O)C3(C(C)C)CCNC3)oc12. The lowest BCUT2D eigenvalue weighted by Gasteiger charge is -2.29. The van der Waals surface area contributed by atoms with E-state index in [1.807, 2.05) is 31.2 Å². The number of ketones is 1. The van der Waals surface area contributed by atoms with Crippen LogP contribution in [0.1, 0.15) is 36.4 Å². The monoisotopic (exact) mass is 271 g/mol. The first kappa shape index (κ1) is 13.4. The average molecular weight is 271 g/mol. The molecular weight excluding hydrogens is 250 g/mol. The van der Waals surface area contributed by atoms with E-state index >= 15 is 0 Å². The highest BCUT2D eigenvalue weighted by atomic mass is 16.3. The summed E-state index contributed by atoms with van der Waals surface area (Å²) in [7, 11) is 0. The molecule has 1 aliphatic heterocycles. The minimum absolute atomic E-state index is 0.146. The molecule has 1 fully saturated rings. The van der Waals surface area contributed by atoms with Gasteiger partial charge in [-0.25, -0.2) is 0 Å². The van der Waals surface area contributed by atoms with Crippen molar-refractivity contribution in [3.63, 3.8) is 0 Å². The molecule has 1 aliphatic rings. The minimum atomic E-state index is -0.318. The predicted molar refractivity (Wildman–Crippen MR) is 80.0 cm³/mol. The number of benzene rings is 1. The molecule has 3 heteroatoms. The molecule has 1 N–H and O–H groups in total. The fourth-order valence-corrected chi connectivity index (χ4v) is 3.23. The zero-order valence-corrected chi connectivity index (χ0v) is 12.3. The third kappa shape index (κ3) is 1.88. The third-order valence-electron chi connectivity index (χ3n) is 4.71. The second kappa shape index (κ2) is 4.74. The summed E-state index contributed by atoms with van der Waals surface area (Å²) in [6.45, 7) is 7.91. The second-order valence-electron chi connectivity index (χ2n) is 6.17. The van der Waals surface area contributed by atoms with Gasteiger partial charge in [-0.3, -0.25) is 4.79 Å². The Morgan fingerprint density at radius 3 is 2.80 bits per heavy atom. The summed E-state index contributed by atoms with van der Waals surface area (Å²) in [4.78, 5) is 13.0. The first-order valence-corrected chi connectivity index (χ1v) is 7.29. The molecule has 0 aliphatic carbocycles. The van der Waals surface area contributed by atoms with E-state index in [2.05, 4.69) is 19.2 Å². The van der Waals surface area contributed by atoms with Crippen LogP contribution in [0.4, 0.5) is 0 Å². The van der Waals surface area contributed by atoms with Crippen molar-refractivity contribution >= 4 is 16.8 Å². The Bertz CT molecular complexity index is 648. The lowest BCUT2D eigenvalue weighted by atomic mass is 9.72. The summed E-state index contributed by atoms with van der Waals surface area (Å²) < 4.78 is 5.87. The van der Waals surface area contributed by atoms with Crippen LogP contribution in [-0.2, 0) is 0 Å². The molecule has 0 radical (unpaired) electrons. The van der Waals surface area contributed by atoms with Crippen molar-refractivity contribution < 1.29 is 9.21 Å². The maximum atomic E-state index is 13.0. The van der Waals surface area contributed by atoms with Gasteiger partial charge in [0.2, 0.25) is 5.78 Å². The molecule has 1 atom stereocenters. The zero-order valence-electron chi connectivity index (χ0n) is 12.3. The maximum absolute atomic E-state index is 13.0. The van der Waals surface area contributed by atoms with E-state index < -0.39 is 0 Å². The molecule has 0 saturated carbocycles. The highest BCUT2D eigenvalue weighted by Crippen LogP contribution is 2.38. The van der Waals surface area contributed by atoms with Crippen LogP contribution in [-0.4, -0.2) is 18.9 Å². The van der Waals surface area contributed by atoms with Gasteiger partial charge in [0.1, 0.15) is 5.58 Å². The number of hydrogen-bond acceptors (Lipinski definition) is 3. The van der Waals surface area contributed by atoms with Gasteiger partial charge in [-0.15, -0.1) is 0 Å². The van der Waals surface area contributed by atoms with Crippen LogP contribution < -0.4 is 5.32 Å². The van der Waals surface area contributed by atoms with Crippen molar-refractivity contribution in [2.24, 2.45) is 11.3 Å². The smallest absolute Gasteiger partial charge is 0.205 e. The molecule has 1 aromatic carbocycles. The molecule has 2 heterocycles. The molecular formula is C17H21NO2. The van der Waals surface area contributed by atoms with Crippen LogP contribution in [0.25, 0.3) is 11.0 Å². The number of fused-ring (bicyclic) bond motifs is 1. The Balaban J connectivity index is 2.06. The van der Waals surface area contributed by atoms with Crippen molar-refractivity contribution in [2.75, 3.05) is 13.1 Å². The van der Waals surface area contributed by atoms with Gasteiger partial charge in [-0.2, -0.15) is 0 Å². The van der Waals surface area contributed by atoms with Crippen molar-refractivity contribution in [2.45, 2.75) is 27.2 Å². The molecule has 3 nitrogen and oxygen atoms in total. The van der Waals surface area contributed by atoms with E-state index in [1.165, 1.54) is 0 Å². The van der Waals surface area contributed by atoms with Crippen LogP contribution in [0, 0.1) is 18.3 Å². The summed E-state index contributed by atoms with van der Waals surface area (Å²) in [6.07, 6.45) is 0.888. The number of rotatable bonds is 3. The Hall–Kier alpha value is -1.61. The van der Waals surface area contributed by atoms with E-state index in [-0.39, 0.29) is 11.2 Å². The Morgan fingerprint density at radius 1 is 1.40 bits per heavy atom. The van der Waals surface area contributed by atoms with Gasteiger partial charge in [0.05, 0.1) is 5.41 Å². The summed E-state index contributed by atoms with van der Waals surface area (Å²) in [5, 5.41) is 4.34. The third-order valence-corrected chi connectivity index (χ3v) is 4.71. The molecule has 1 aromatic heterocycles. The summed E-state index contributed by atoms with van der Waals surface area (Å²) in [6, 6.07) is 7.90. The normalized spacial score (nSPS) is 22.8. The number of nitrogens with one attached hydrogen (secondary N) is 1. The van der Waals surface area contributed by atoms with Gasteiger partial charge in [0.15, 0.2) is 5.76 Å². The first-order chi connectivity index (χ1) is 9.54. The summed E-state index contributed by atoms with van der Waals surface area (Å²) in [5.41, 5.74) is 1.59. The first-order valence-electron chi connectivity index (χ1n) is 7.29. The lowest BCUT2D eigenvalue weighted by molar-refractivity contribution is 0.0711. The number of carbonyl (C=O) groups excluding carboxylic acids is 1. The summed E-state index contributed by atoms with van der Waals surface area (Å²) in [5.74, 6) is 0.958. The average Bonchev–Trinajstić information content (AvgIpc) is 3.06. The number of Topliss-reactive ketones (excluding diaryl/α,β-unsaturated/α-hetero) is 1. The highest BCUT2D eigenvalue weighted by Gasteiger charge is 2.45. The largest absolute Gasteiger partial charge is 0.453 e. The van der Waals surface area contributed by atoms with E-state index in [0.717, 1.165) is 36.0 Å². The van der Waals surface area contributed by atoms with Gasteiger partial charge in [0, 0.05) is 11.9 Å². The van der Waals surface area contributed by atoms with Gasteiger partial charge < -0.3 is 9.73 Å². The Morgan fingerprint density at radius 2 is 2.20 bits per heavy atom. The fraction of sp³-hybridized carbons (Fsp3) is 0.471. The van der Waals surface area contributed by atoms with Crippen molar-refractivity contribution in [3.05, 3.63) is 35.6 Å². The van der Waals surface area contributed by atoms with E-state index in [0.29, 0.717) is 11.7 Å². The molecule has 1 saturated heterocycles. The highest BCUT2D eigenvalue weighted by molar-refractivity contribution is 6.02. The number of carbonyl (C=O) groups is 1. The van der Waals surface area contributed by atoms with Crippen LogP contribution in [0.15, 0.2) is 28.7 Å². The molecule has 20 heavy (non-hydrogen) atoms. The molecule has 106 valence electrons.